The van der Waals surface area contributed by atoms with Crippen LogP contribution in [0.15, 0.2) is 16.5 Å². The average Bonchev–Trinajstić information content (AvgIpc) is 3.01. The normalized spacial score (nSPS) is 15.9. The van der Waals surface area contributed by atoms with E-state index in [4.69, 9.17) is 9.52 Å². The van der Waals surface area contributed by atoms with E-state index in [1.54, 1.807) is 6.92 Å². The molecule has 0 atom stereocenters. The van der Waals surface area contributed by atoms with Crippen LogP contribution in [0.2, 0.25) is 0 Å². The molecule has 0 aromatic carbocycles. The molecule has 0 aliphatic heterocycles. The first-order chi connectivity index (χ1) is 10.9. The van der Waals surface area contributed by atoms with Crippen molar-refractivity contribution in [3.63, 3.8) is 0 Å². The fourth-order valence-electron chi connectivity index (χ4n) is 2.80. The monoisotopic (exact) mass is 334 g/mol. The molecule has 3 rings (SSSR count). The van der Waals surface area contributed by atoms with Gasteiger partial charge in [0.2, 0.25) is 0 Å². The number of thiazole rings is 1. The summed E-state index contributed by atoms with van der Waals surface area (Å²) in [6, 6.07) is 3.68. The maximum Gasteiger partial charge on any atom is 0.305 e. The first-order valence-electron chi connectivity index (χ1n) is 7.47. The summed E-state index contributed by atoms with van der Waals surface area (Å²) in [5.41, 5.74) is 0.0159. The predicted molar refractivity (Wildman–Crippen MR) is 85.6 cm³/mol. The van der Waals surface area contributed by atoms with Gasteiger partial charge in [-0.1, -0.05) is 0 Å². The predicted octanol–water partition coefficient (Wildman–Crippen LogP) is 3.15. The molecular weight excluding hydrogens is 316 g/mol. The van der Waals surface area contributed by atoms with Crippen LogP contribution in [0, 0.1) is 13.8 Å². The zero-order valence-electron chi connectivity index (χ0n) is 13.0. The van der Waals surface area contributed by atoms with Gasteiger partial charge in [0.15, 0.2) is 10.8 Å². The highest BCUT2D eigenvalue weighted by Crippen LogP contribution is 2.36. The molecule has 1 amide bonds. The van der Waals surface area contributed by atoms with E-state index in [1.807, 2.05) is 19.1 Å². The zero-order chi connectivity index (χ0) is 16.6. The van der Waals surface area contributed by atoms with E-state index in [0.717, 1.165) is 12.2 Å². The fraction of sp³-hybridized carbons (Fsp3) is 0.438. The van der Waals surface area contributed by atoms with E-state index in [9.17, 15) is 9.59 Å². The van der Waals surface area contributed by atoms with Crippen LogP contribution in [0.3, 0.4) is 0 Å². The fourth-order valence-corrected chi connectivity index (χ4v) is 3.72. The molecule has 0 radical (unpaired) electrons. The summed E-state index contributed by atoms with van der Waals surface area (Å²) in [7, 11) is 0. The molecule has 7 heteroatoms. The highest BCUT2D eigenvalue weighted by molar-refractivity contribution is 7.17. The number of aliphatic carboxylic acids is 1. The van der Waals surface area contributed by atoms with E-state index in [1.165, 1.54) is 11.3 Å². The Hall–Kier alpha value is -2.15. The Balaban J connectivity index is 1.80. The van der Waals surface area contributed by atoms with Gasteiger partial charge in [-0.3, -0.25) is 9.59 Å². The van der Waals surface area contributed by atoms with E-state index in [-0.39, 0.29) is 12.3 Å². The van der Waals surface area contributed by atoms with Crippen molar-refractivity contribution in [2.24, 2.45) is 0 Å². The summed E-state index contributed by atoms with van der Waals surface area (Å²) in [6.07, 6.45) is 2.30. The van der Waals surface area contributed by atoms with Gasteiger partial charge < -0.3 is 14.8 Å². The molecule has 1 aliphatic rings. The minimum absolute atomic E-state index is 0.0408. The number of amides is 1. The molecule has 1 aliphatic carbocycles. The van der Waals surface area contributed by atoms with Crippen LogP contribution >= 0.6 is 11.3 Å². The van der Waals surface area contributed by atoms with Gasteiger partial charge in [-0.25, -0.2) is 4.98 Å². The lowest BCUT2D eigenvalue weighted by molar-refractivity contribution is -0.139. The van der Waals surface area contributed by atoms with Gasteiger partial charge >= 0.3 is 5.97 Å². The Morgan fingerprint density at radius 1 is 1.39 bits per heavy atom. The van der Waals surface area contributed by atoms with Crippen molar-refractivity contribution in [3.05, 3.63) is 28.5 Å². The summed E-state index contributed by atoms with van der Waals surface area (Å²) in [6.45, 7) is 3.62. The van der Waals surface area contributed by atoms with E-state index >= 15 is 0 Å². The molecule has 2 N–H and O–H groups in total. The second-order valence-corrected chi connectivity index (χ2v) is 7.00. The molecular formula is C16H18N2O4S. The summed E-state index contributed by atoms with van der Waals surface area (Å²) >= 11 is 1.26. The third kappa shape index (κ3) is 3.14. The van der Waals surface area contributed by atoms with Crippen molar-refractivity contribution in [1.82, 2.24) is 10.3 Å². The average molecular weight is 334 g/mol. The van der Waals surface area contributed by atoms with Crippen LogP contribution in [0.5, 0.6) is 0 Å². The van der Waals surface area contributed by atoms with E-state index < -0.39 is 11.5 Å². The van der Waals surface area contributed by atoms with Crippen molar-refractivity contribution in [3.8, 4) is 10.8 Å². The molecule has 2 aromatic heterocycles. The molecule has 2 aromatic rings. The maximum absolute atomic E-state index is 12.5. The van der Waals surface area contributed by atoms with Crippen molar-refractivity contribution in [2.75, 3.05) is 0 Å². The Kier molecular flexibility index (Phi) is 3.97. The third-order valence-corrected chi connectivity index (χ3v) is 5.30. The van der Waals surface area contributed by atoms with Crippen LogP contribution in [-0.2, 0) is 4.79 Å². The quantitative estimate of drug-likeness (QED) is 0.876. The molecule has 0 saturated heterocycles. The molecule has 0 bridgehead atoms. The van der Waals surface area contributed by atoms with Crippen LogP contribution in [0.4, 0.5) is 0 Å². The number of carbonyl (C=O) groups is 2. The minimum Gasteiger partial charge on any atom is -0.481 e. The lowest BCUT2D eigenvalue weighted by atomic mass is 9.74. The second-order valence-electron chi connectivity index (χ2n) is 6.00. The number of aryl methyl sites for hydroxylation is 2. The van der Waals surface area contributed by atoms with E-state index in [2.05, 4.69) is 10.3 Å². The highest BCUT2D eigenvalue weighted by Gasteiger charge is 2.41. The zero-order valence-corrected chi connectivity index (χ0v) is 13.8. The van der Waals surface area contributed by atoms with Crippen LogP contribution in [0.25, 0.3) is 10.8 Å². The molecule has 1 fully saturated rings. The standard InChI is InChI=1S/C16H18N2O4S/c1-9-4-5-11(22-9)15-17-10(2)13(23-15)14(21)18-16(6-3-7-16)8-12(19)20/h4-5H,3,6-8H2,1-2H3,(H,18,21)(H,19,20). The Labute approximate surface area is 137 Å². The molecule has 6 nitrogen and oxygen atoms in total. The third-order valence-electron chi connectivity index (χ3n) is 4.13. The Bertz CT molecular complexity index is 758. The number of carboxylic acid groups (broad SMARTS) is 1. The van der Waals surface area contributed by atoms with Gasteiger partial charge in [0.05, 0.1) is 17.7 Å². The SMILES string of the molecule is Cc1ccc(-c2nc(C)c(C(=O)NC3(CC(=O)O)CCC3)s2)o1. The number of hydrogen-bond donors (Lipinski definition) is 2. The number of nitrogens with one attached hydrogen (secondary N) is 1. The number of hydrogen-bond acceptors (Lipinski definition) is 5. The lowest BCUT2D eigenvalue weighted by Crippen LogP contribution is -2.54. The van der Waals surface area contributed by atoms with Crippen molar-refractivity contribution >= 4 is 23.2 Å². The van der Waals surface area contributed by atoms with Crippen molar-refractivity contribution in [2.45, 2.75) is 45.1 Å². The molecule has 1 saturated carbocycles. The number of rotatable bonds is 5. The van der Waals surface area contributed by atoms with Gasteiger partial charge in [-0.15, -0.1) is 11.3 Å². The van der Waals surface area contributed by atoms with Crippen LogP contribution in [0.1, 0.15) is 46.8 Å². The molecule has 122 valence electrons. The minimum atomic E-state index is -0.891. The first kappa shape index (κ1) is 15.7. The lowest BCUT2D eigenvalue weighted by Gasteiger charge is -2.41. The molecule has 2 heterocycles. The van der Waals surface area contributed by atoms with Gasteiger partial charge in [0, 0.05) is 0 Å². The van der Waals surface area contributed by atoms with E-state index in [0.29, 0.717) is 34.2 Å². The number of nitrogens with zero attached hydrogens (tertiary/aromatic N) is 1. The summed E-state index contributed by atoms with van der Waals surface area (Å²) in [4.78, 5) is 28.5. The first-order valence-corrected chi connectivity index (χ1v) is 8.29. The van der Waals surface area contributed by atoms with Crippen LogP contribution < -0.4 is 5.32 Å². The van der Waals surface area contributed by atoms with Gasteiger partial charge in [0.1, 0.15) is 10.6 Å². The highest BCUT2D eigenvalue weighted by atomic mass is 32.1. The molecule has 0 unspecified atom stereocenters. The Morgan fingerprint density at radius 3 is 2.65 bits per heavy atom. The van der Waals surface area contributed by atoms with Gasteiger partial charge in [-0.05, 0) is 45.2 Å². The van der Waals surface area contributed by atoms with Gasteiger partial charge in [-0.2, -0.15) is 0 Å². The summed E-state index contributed by atoms with van der Waals surface area (Å²) < 4.78 is 5.54. The number of aromatic nitrogens is 1. The van der Waals surface area contributed by atoms with Crippen molar-refractivity contribution < 1.29 is 19.1 Å². The van der Waals surface area contributed by atoms with Crippen LogP contribution in [-0.4, -0.2) is 27.5 Å². The number of carbonyl (C=O) groups excluding carboxylic acids is 1. The molecule has 0 spiro atoms. The smallest absolute Gasteiger partial charge is 0.305 e. The summed E-state index contributed by atoms with van der Waals surface area (Å²) in [5.74, 6) is 0.278. The number of carboxylic acids is 1. The largest absolute Gasteiger partial charge is 0.481 e. The van der Waals surface area contributed by atoms with Gasteiger partial charge in [0.25, 0.3) is 5.91 Å². The maximum atomic E-state index is 12.5. The van der Waals surface area contributed by atoms with Crippen molar-refractivity contribution in [1.29, 1.82) is 0 Å². The topological polar surface area (TPSA) is 92.4 Å². The summed E-state index contributed by atoms with van der Waals surface area (Å²) in [5, 5.41) is 12.6. The second kappa shape index (κ2) is 5.81. The Morgan fingerprint density at radius 2 is 2.13 bits per heavy atom. The number of furan rings is 1. The molecule has 23 heavy (non-hydrogen) atoms.